The molecule has 162 valence electrons. The number of carbonyl (C=O) groups excluding carboxylic acids is 1. The third-order valence-corrected chi connectivity index (χ3v) is 6.64. The fourth-order valence-corrected chi connectivity index (χ4v) is 4.84. The Bertz CT molecular complexity index is 1280. The summed E-state index contributed by atoms with van der Waals surface area (Å²) in [4.78, 5) is 19.5. The van der Waals surface area contributed by atoms with E-state index in [1.54, 1.807) is 12.1 Å². The number of hydrogen-bond acceptors (Lipinski definition) is 2. The molecule has 0 bridgehead atoms. The maximum Gasteiger partial charge on any atom is 0.223 e. The molecule has 1 amide bonds. The van der Waals surface area contributed by atoms with Gasteiger partial charge in [0, 0.05) is 41.0 Å². The Kier molecular flexibility index (Phi) is 5.62. The van der Waals surface area contributed by atoms with Gasteiger partial charge in [0.05, 0.1) is 17.6 Å². The van der Waals surface area contributed by atoms with Crippen molar-refractivity contribution in [2.75, 3.05) is 6.54 Å². The number of para-hydroxylation sites is 2. The lowest BCUT2D eigenvalue weighted by Crippen LogP contribution is -2.24. The second-order valence-electron chi connectivity index (χ2n) is 8.05. The van der Waals surface area contributed by atoms with Gasteiger partial charge in [-0.3, -0.25) is 4.79 Å². The number of halogens is 3. The van der Waals surface area contributed by atoms with E-state index < -0.39 is 0 Å². The summed E-state index contributed by atoms with van der Waals surface area (Å²) >= 11 is 12.9. The van der Waals surface area contributed by atoms with Crippen LogP contribution in [0.25, 0.3) is 11.0 Å². The lowest BCUT2D eigenvalue weighted by molar-refractivity contribution is -0.128. The molecule has 0 radical (unpaired) electrons. The SMILES string of the molecule is O=C1CC(c2nc3ccccc3n2Cc2c(Cl)cccc2Cl)CN1Cc1ccc(F)cc1. The van der Waals surface area contributed by atoms with Gasteiger partial charge in [0.1, 0.15) is 11.6 Å². The first-order valence-corrected chi connectivity index (χ1v) is 11.2. The molecule has 1 atom stereocenters. The van der Waals surface area contributed by atoms with Crippen LogP contribution in [0, 0.1) is 5.82 Å². The molecule has 1 saturated heterocycles. The number of rotatable bonds is 5. The van der Waals surface area contributed by atoms with Gasteiger partial charge < -0.3 is 9.47 Å². The summed E-state index contributed by atoms with van der Waals surface area (Å²) in [7, 11) is 0. The number of nitrogens with zero attached hydrogens (tertiary/aromatic N) is 3. The molecule has 1 aliphatic rings. The first-order valence-electron chi connectivity index (χ1n) is 10.4. The molecule has 0 saturated carbocycles. The monoisotopic (exact) mass is 467 g/mol. The van der Waals surface area contributed by atoms with Crippen molar-refractivity contribution in [2.24, 2.45) is 0 Å². The van der Waals surface area contributed by atoms with Gasteiger partial charge in [0.25, 0.3) is 0 Å². The predicted octanol–water partition coefficient (Wildman–Crippen LogP) is 6.05. The van der Waals surface area contributed by atoms with E-state index in [2.05, 4.69) is 4.57 Å². The Morgan fingerprint density at radius 2 is 1.66 bits per heavy atom. The van der Waals surface area contributed by atoms with Gasteiger partial charge in [-0.05, 0) is 42.0 Å². The number of carbonyl (C=O) groups is 1. The van der Waals surface area contributed by atoms with E-state index in [0.29, 0.717) is 36.1 Å². The van der Waals surface area contributed by atoms with Crippen molar-refractivity contribution in [3.63, 3.8) is 0 Å². The molecule has 5 rings (SSSR count). The number of hydrogen-bond donors (Lipinski definition) is 0. The van der Waals surface area contributed by atoms with Crippen LogP contribution >= 0.6 is 23.2 Å². The van der Waals surface area contributed by atoms with Crippen LogP contribution in [-0.4, -0.2) is 26.9 Å². The van der Waals surface area contributed by atoms with Crippen LogP contribution in [0.5, 0.6) is 0 Å². The van der Waals surface area contributed by atoms with Gasteiger partial charge in [0.2, 0.25) is 5.91 Å². The standard InChI is InChI=1S/C25H20Cl2FN3O/c26-20-4-3-5-21(27)19(20)15-31-23-7-2-1-6-22(23)29-25(31)17-12-24(32)30(14-17)13-16-8-10-18(28)11-9-16/h1-11,17H,12-15H2. The fraction of sp³-hybridized carbons (Fsp3) is 0.200. The van der Waals surface area contributed by atoms with E-state index >= 15 is 0 Å². The van der Waals surface area contributed by atoms with E-state index in [1.165, 1.54) is 12.1 Å². The largest absolute Gasteiger partial charge is 0.338 e. The van der Waals surface area contributed by atoms with E-state index in [-0.39, 0.29) is 17.6 Å². The lowest BCUT2D eigenvalue weighted by atomic mass is 10.1. The summed E-state index contributed by atoms with van der Waals surface area (Å²) in [6.45, 7) is 1.47. The maximum absolute atomic E-state index is 13.2. The highest BCUT2D eigenvalue weighted by molar-refractivity contribution is 6.36. The minimum absolute atomic E-state index is 0.0587. The highest BCUT2D eigenvalue weighted by Gasteiger charge is 2.34. The van der Waals surface area contributed by atoms with Gasteiger partial charge in [0.15, 0.2) is 0 Å². The van der Waals surface area contributed by atoms with Gasteiger partial charge in [-0.25, -0.2) is 9.37 Å². The smallest absolute Gasteiger partial charge is 0.223 e. The van der Waals surface area contributed by atoms with Crippen molar-refractivity contribution < 1.29 is 9.18 Å². The molecule has 32 heavy (non-hydrogen) atoms. The number of likely N-dealkylation sites (tertiary alicyclic amines) is 1. The predicted molar refractivity (Wildman–Crippen MR) is 124 cm³/mol. The van der Waals surface area contributed by atoms with Crippen LogP contribution in [0.3, 0.4) is 0 Å². The van der Waals surface area contributed by atoms with Crippen LogP contribution in [0.4, 0.5) is 4.39 Å². The van der Waals surface area contributed by atoms with Crippen LogP contribution in [0.2, 0.25) is 10.0 Å². The van der Waals surface area contributed by atoms with Crippen LogP contribution in [-0.2, 0) is 17.9 Å². The number of fused-ring (bicyclic) bond motifs is 1. The van der Waals surface area contributed by atoms with E-state index in [1.807, 2.05) is 47.4 Å². The van der Waals surface area contributed by atoms with Crippen LogP contribution < -0.4 is 0 Å². The third-order valence-electron chi connectivity index (χ3n) is 5.93. The normalized spacial score (nSPS) is 16.3. The van der Waals surface area contributed by atoms with Crippen molar-refractivity contribution in [3.8, 4) is 0 Å². The molecule has 7 heteroatoms. The molecule has 2 heterocycles. The van der Waals surface area contributed by atoms with Crippen LogP contribution in [0.1, 0.15) is 29.3 Å². The molecule has 1 unspecified atom stereocenters. The molecule has 0 aliphatic carbocycles. The molecular formula is C25H20Cl2FN3O. The maximum atomic E-state index is 13.2. The zero-order valence-corrected chi connectivity index (χ0v) is 18.7. The first kappa shape index (κ1) is 21.0. The molecule has 3 aromatic carbocycles. The van der Waals surface area contributed by atoms with Gasteiger partial charge >= 0.3 is 0 Å². The summed E-state index contributed by atoms with van der Waals surface area (Å²) in [5, 5.41) is 1.20. The van der Waals surface area contributed by atoms with E-state index in [0.717, 1.165) is 28.0 Å². The van der Waals surface area contributed by atoms with Crippen molar-refractivity contribution >= 4 is 40.1 Å². The Balaban J connectivity index is 1.48. The zero-order valence-electron chi connectivity index (χ0n) is 17.1. The highest BCUT2D eigenvalue weighted by atomic mass is 35.5. The summed E-state index contributed by atoms with van der Waals surface area (Å²) in [5.74, 6) is 0.564. The first-order chi connectivity index (χ1) is 15.5. The van der Waals surface area contributed by atoms with E-state index in [9.17, 15) is 9.18 Å². The number of amides is 1. The molecule has 1 aromatic heterocycles. The topological polar surface area (TPSA) is 38.1 Å². The van der Waals surface area contributed by atoms with Gasteiger partial charge in [-0.15, -0.1) is 0 Å². The lowest BCUT2D eigenvalue weighted by Gasteiger charge is -2.18. The summed E-state index contributed by atoms with van der Waals surface area (Å²) < 4.78 is 15.3. The molecule has 1 fully saturated rings. The molecule has 0 N–H and O–H groups in total. The molecule has 0 spiro atoms. The molecule has 4 aromatic rings. The second-order valence-corrected chi connectivity index (χ2v) is 8.86. The number of benzene rings is 3. The van der Waals surface area contributed by atoms with Gasteiger partial charge in [-0.2, -0.15) is 0 Å². The van der Waals surface area contributed by atoms with E-state index in [4.69, 9.17) is 28.2 Å². The zero-order chi connectivity index (χ0) is 22.2. The van der Waals surface area contributed by atoms with Crippen molar-refractivity contribution in [3.05, 3.63) is 99.5 Å². The van der Waals surface area contributed by atoms with Crippen molar-refractivity contribution in [2.45, 2.75) is 25.4 Å². The van der Waals surface area contributed by atoms with Gasteiger partial charge in [-0.1, -0.05) is 53.5 Å². The summed E-state index contributed by atoms with van der Waals surface area (Å²) in [6, 6.07) is 19.6. The minimum atomic E-state index is -0.286. The minimum Gasteiger partial charge on any atom is -0.338 e. The highest BCUT2D eigenvalue weighted by Crippen LogP contribution is 2.33. The average molecular weight is 468 g/mol. The number of imidazole rings is 1. The third kappa shape index (κ3) is 3.98. The number of aromatic nitrogens is 2. The summed E-state index contributed by atoms with van der Waals surface area (Å²) in [5.41, 5.74) is 3.57. The Hall–Kier alpha value is -2.89. The second kappa shape index (κ2) is 8.57. The summed E-state index contributed by atoms with van der Waals surface area (Å²) in [6.07, 6.45) is 0.376. The Morgan fingerprint density at radius 1 is 0.938 bits per heavy atom. The molecule has 1 aliphatic heterocycles. The van der Waals surface area contributed by atoms with Crippen molar-refractivity contribution in [1.29, 1.82) is 0 Å². The molecular weight excluding hydrogens is 448 g/mol. The molecule has 4 nitrogen and oxygen atoms in total. The quantitative estimate of drug-likeness (QED) is 0.358. The Morgan fingerprint density at radius 3 is 2.41 bits per heavy atom. The van der Waals surface area contributed by atoms with Crippen LogP contribution in [0.15, 0.2) is 66.7 Å². The van der Waals surface area contributed by atoms with Crippen molar-refractivity contribution in [1.82, 2.24) is 14.5 Å². The average Bonchev–Trinajstić information content (AvgIpc) is 3.33. The fourth-order valence-electron chi connectivity index (χ4n) is 4.32. The Labute approximate surface area is 195 Å².